The van der Waals surface area contributed by atoms with Crippen LogP contribution >= 0.6 is 0 Å². The Morgan fingerprint density at radius 2 is 2.21 bits per heavy atom. The van der Waals surface area contributed by atoms with Gasteiger partial charge in [-0.25, -0.2) is 0 Å². The SMILES string of the molecule is OC1CNC(c2nc(COc3ccccc3)no2)C1. The lowest BCUT2D eigenvalue weighted by Gasteiger charge is -2.02. The van der Waals surface area contributed by atoms with Crippen molar-refractivity contribution in [2.24, 2.45) is 0 Å². The van der Waals surface area contributed by atoms with Crippen LogP contribution in [0, 0.1) is 0 Å². The molecular weight excluding hydrogens is 246 g/mol. The fourth-order valence-electron chi connectivity index (χ4n) is 2.04. The summed E-state index contributed by atoms with van der Waals surface area (Å²) in [6.45, 7) is 0.825. The summed E-state index contributed by atoms with van der Waals surface area (Å²) in [6.07, 6.45) is 0.252. The van der Waals surface area contributed by atoms with E-state index in [0.29, 0.717) is 24.7 Å². The Bertz CT molecular complexity index is 529. The van der Waals surface area contributed by atoms with Gasteiger partial charge in [-0.15, -0.1) is 0 Å². The van der Waals surface area contributed by atoms with Gasteiger partial charge >= 0.3 is 0 Å². The Morgan fingerprint density at radius 1 is 1.37 bits per heavy atom. The summed E-state index contributed by atoms with van der Waals surface area (Å²) < 4.78 is 10.7. The highest BCUT2D eigenvalue weighted by Crippen LogP contribution is 2.21. The highest BCUT2D eigenvalue weighted by molar-refractivity contribution is 5.20. The van der Waals surface area contributed by atoms with Gasteiger partial charge in [-0.3, -0.25) is 0 Å². The molecule has 2 unspecified atom stereocenters. The largest absolute Gasteiger partial charge is 0.485 e. The minimum atomic E-state index is -0.346. The van der Waals surface area contributed by atoms with Gasteiger partial charge in [0.05, 0.1) is 12.1 Å². The van der Waals surface area contributed by atoms with E-state index in [1.54, 1.807) is 0 Å². The maximum Gasteiger partial charge on any atom is 0.244 e. The second kappa shape index (κ2) is 5.38. The molecule has 19 heavy (non-hydrogen) atoms. The molecule has 0 amide bonds. The molecule has 0 radical (unpaired) electrons. The van der Waals surface area contributed by atoms with Gasteiger partial charge in [0.25, 0.3) is 0 Å². The van der Waals surface area contributed by atoms with E-state index < -0.39 is 0 Å². The number of aliphatic hydroxyl groups is 1. The maximum atomic E-state index is 9.44. The highest BCUT2D eigenvalue weighted by atomic mass is 16.5. The molecule has 2 aromatic rings. The van der Waals surface area contributed by atoms with Crippen LogP contribution in [0.15, 0.2) is 34.9 Å². The van der Waals surface area contributed by atoms with Crippen LogP contribution in [-0.4, -0.2) is 27.9 Å². The standard InChI is InChI=1S/C13H15N3O3/c17-9-6-11(14-7-9)13-15-12(16-19-13)8-18-10-4-2-1-3-5-10/h1-5,9,11,14,17H,6-8H2. The van der Waals surface area contributed by atoms with Crippen LogP contribution in [0.1, 0.15) is 24.2 Å². The summed E-state index contributed by atoms with van der Waals surface area (Å²) in [5.74, 6) is 1.77. The quantitative estimate of drug-likeness (QED) is 0.856. The van der Waals surface area contributed by atoms with Crippen LogP contribution < -0.4 is 10.1 Å². The molecule has 0 spiro atoms. The van der Waals surface area contributed by atoms with Crippen molar-refractivity contribution in [3.8, 4) is 5.75 Å². The number of ether oxygens (including phenoxy) is 1. The van der Waals surface area contributed by atoms with E-state index in [4.69, 9.17) is 9.26 Å². The van der Waals surface area contributed by atoms with Crippen LogP contribution in [0.25, 0.3) is 0 Å². The third kappa shape index (κ3) is 2.91. The summed E-state index contributed by atoms with van der Waals surface area (Å²) in [5, 5.41) is 16.4. The molecule has 1 saturated heterocycles. The Labute approximate surface area is 110 Å². The Hall–Kier alpha value is -1.92. The number of rotatable bonds is 4. The lowest BCUT2D eigenvalue weighted by molar-refractivity contribution is 0.191. The van der Waals surface area contributed by atoms with Crippen molar-refractivity contribution in [3.63, 3.8) is 0 Å². The van der Waals surface area contributed by atoms with Crippen LogP contribution in [0.3, 0.4) is 0 Å². The van der Waals surface area contributed by atoms with Gasteiger partial charge in [0, 0.05) is 6.54 Å². The van der Waals surface area contributed by atoms with E-state index in [1.807, 2.05) is 30.3 Å². The van der Waals surface area contributed by atoms with E-state index in [-0.39, 0.29) is 18.8 Å². The zero-order valence-electron chi connectivity index (χ0n) is 10.3. The summed E-state index contributed by atoms with van der Waals surface area (Å²) in [5.41, 5.74) is 0. The molecule has 1 fully saturated rings. The number of aromatic nitrogens is 2. The van der Waals surface area contributed by atoms with Crippen molar-refractivity contribution in [2.45, 2.75) is 25.2 Å². The zero-order chi connectivity index (χ0) is 13.1. The lowest BCUT2D eigenvalue weighted by atomic mass is 10.2. The predicted molar refractivity (Wildman–Crippen MR) is 66.4 cm³/mol. The zero-order valence-corrected chi connectivity index (χ0v) is 10.3. The number of aliphatic hydroxyl groups excluding tert-OH is 1. The second-order valence-electron chi connectivity index (χ2n) is 4.50. The van der Waals surface area contributed by atoms with Gasteiger partial charge in [-0.05, 0) is 18.6 Å². The highest BCUT2D eigenvalue weighted by Gasteiger charge is 2.28. The number of benzene rings is 1. The lowest BCUT2D eigenvalue weighted by Crippen LogP contribution is -2.15. The summed E-state index contributed by atoms with van der Waals surface area (Å²) >= 11 is 0. The topological polar surface area (TPSA) is 80.4 Å². The Balaban J connectivity index is 1.59. The van der Waals surface area contributed by atoms with E-state index in [9.17, 15) is 5.11 Å². The summed E-state index contributed by atoms with van der Waals surface area (Å²) in [4.78, 5) is 4.27. The van der Waals surface area contributed by atoms with E-state index in [0.717, 1.165) is 5.75 Å². The molecule has 0 bridgehead atoms. The van der Waals surface area contributed by atoms with Gasteiger partial charge in [0.2, 0.25) is 11.7 Å². The van der Waals surface area contributed by atoms with E-state index in [2.05, 4.69) is 15.5 Å². The van der Waals surface area contributed by atoms with Gasteiger partial charge in [0.15, 0.2) is 6.61 Å². The first-order valence-corrected chi connectivity index (χ1v) is 6.23. The molecule has 1 aromatic heterocycles. The Morgan fingerprint density at radius 3 is 2.95 bits per heavy atom. The van der Waals surface area contributed by atoms with Crippen molar-refractivity contribution in [3.05, 3.63) is 42.0 Å². The Kier molecular flexibility index (Phi) is 3.43. The second-order valence-corrected chi connectivity index (χ2v) is 4.50. The van der Waals surface area contributed by atoms with Gasteiger partial charge in [0.1, 0.15) is 5.75 Å². The van der Waals surface area contributed by atoms with Crippen molar-refractivity contribution < 1.29 is 14.4 Å². The third-order valence-corrected chi connectivity index (χ3v) is 3.00. The first-order chi connectivity index (χ1) is 9.31. The monoisotopic (exact) mass is 261 g/mol. The van der Waals surface area contributed by atoms with Crippen molar-refractivity contribution in [2.75, 3.05) is 6.54 Å². The molecule has 1 aliphatic heterocycles. The van der Waals surface area contributed by atoms with Gasteiger partial charge in [-0.1, -0.05) is 23.4 Å². The van der Waals surface area contributed by atoms with Crippen LogP contribution in [-0.2, 0) is 6.61 Å². The van der Waals surface area contributed by atoms with Crippen molar-refractivity contribution in [1.29, 1.82) is 0 Å². The minimum Gasteiger partial charge on any atom is -0.485 e. The minimum absolute atomic E-state index is 0.0621. The fourth-order valence-corrected chi connectivity index (χ4v) is 2.04. The molecule has 6 heteroatoms. The first kappa shape index (κ1) is 12.1. The number of hydrogen-bond acceptors (Lipinski definition) is 6. The third-order valence-electron chi connectivity index (χ3n) is 3.00. The number of β-amino-alcohol motifs (C(OH)–C–C–N with tert-alkyl or cyclic N) is 1. The number of nitrogens with one attached hydrogen (secondary N) is 1. The van der Waals surface area contributed by atoms with Gasteiger partial charge < -0.3 is 19.7 Å². The molecule has 1 aliphatic rings. The van der Waals surface area contributed by atoms with Crippen LogP contribution in [0.2, 0.25) is 0 Å². The van der Waals surface area contributed by atoms with Crippen molar-refractivity contribution in [1.82, 2.24) is 15.5 Å². The molecule has 2 atom stereocenters. The maximum absolute atomic E-state index is 9.44. The van der Waals surface area contributed by atoms with E-state index in [1.165, 1.54) is 0 Å². The molecule has 0 saturated carbocycles. The smallest absolute Gasteiger partial charge is 0.244 e. The van der Waals surface area contributed by atoms with Crippen LogP contribution in [0.4, 0.5) is 0 Å². The van der Waals surface area contributed by atoms with Crippen molar-refractivity contribution >= 4 is 0 Å². The average Bonchev–Trinajstić information content (AvgIpc) is 3.06. The normalized spacial score (nSPS) is 22.6. The van der Waals surface area contributed by atoms with Crippen LogP contribution in [0.5, 0.6) is 5.75 Å². The molecule has 2 N–H and O–H groups in total. The molecule has 2 heterocycles. The predicted octanol–water partition coefficient (Wildman–Crippen LogP) is 1.04. The van der Waals surface area contributed by atoms with E-state index >= 15 is 0 Å². The number of para-hydroxylation sites is 1. The number of nitrogens with zero attached hydrogens (tertiary/aromatic N) is 2. The molecule has 6 nitrogen and oxygen atoms in total. The number of hydrogen-bond donors (Lipinski definition) is 2. The molecule has 1 aromatic carbocycles. The fraction of sp³-hybridized carbons (Fsp3) is 0.385. The summed E-state index contributed by atoms with van der Waals surface area (Å²) in [7, 11) is 0. The molecular formula is C13H15N3O3. The molecule has 100 valence electrons. The molecule has 3 rings (SSSR count). The first-order valence-electron chi connectivity index (χ1n) is 6.23. The molecule has 0 aliphatic carbocycles. The average molecular weight is 261 g/mol. The van der Waals surface area contributed by atoms with Gasteiger partial charge in [-0.2, -0.15) is 4.98 Å². The summed E-state index contributed by atoms with van der Waals surface area (Å²) in [6, 6.07) is 9.41.